The molecule has 0 radical (unpaired) electrons. The van der Waals surface area contributed by atoms with Gasteiger partial charge in [-0.1, -0.05) is 29.8 Å². The zero-order valence-electron chi connectivity index (χ0n) is 17.6. The summed E-state index contributed by atoms with van der Waals surface area (Å²) in [6.07, 6.45) is 0.568. The van der Waals surface area contributed by atoms with Gasteiger partial charge < -0.3 is 14.8 Å². The number of nitro groups is 1. The van der Waals surface area contributed by atoms with Gasteiger partial charge in [0, 0.05) is 29.8 Å². The summed E-state index contributed by atoms with van der Waals surface area (Å²) in [5.74, 6) is 0.843. The van der Waals surface area contributed by atoms with Crippen LogP contribution in [0, 0.1) is 15.9 Å². The van der Waals surface area contributed by atoms with Crippen LogP contribution in [0.15, 0.2) is 60.7 Å². The van der Waals surface area contributed by atoms with E-state index in [1.165, 1.54) is 18.2 Å². The zero-order chi connectivity index (χ0) is 22.9. The van der Waals surface area contributed by atoms with Gasteiger partial charge in [-0.05, 0) is 60.8 Å². The molecule has 3 rings (SSSR count). The van der Waals surface area contributed by atoms with Crippen LogP contribution in [0.25, 0.3) is 0 Å². The van der Waals surface area contributed by atoms with Gasteiger partial charge in [-0.25, -0.2) is 4.39 Å². The molecule has 0 aliphatic heterocycles. The van der Waals surface area contributed by atoms with E-state index < -0.39 is 4.92 Å². The van der Waals surface area contributed by atoms with Crippen molar-refractivity contribution in [3.8, 4) is 11.5 Å². The number of halogens is 2. The van der Waals surface area contributed by atoms with Gasteiger partial charge in [0.05, 0.1) is 11.5 Å². The van der Waals surface area contributed by atoms with Crippen LogP contribution in [0.4, 0.5) is 10.1 Å². The van der Waals surface area contributed by atoms with E-state index >= 15 is 0 Å². The number of nitrogens with zero attached hydrogens (tertiary/aromatic N) is 1. The summed E-state index contributed by atoms with van der Waals surface area (Å²) in [7, 11) is 0. The zero-order valence-corrected chi connectivity index (χ0v) is 18.4. The molecule has 0 fully saturated rings. The van der Waals surface area contributed by atoms with Gasteiger partial charge in [0.2, 0.25) is 0 Å². The monoisotopic (exact) mass is 458 g/mol. The molecule has 0 aliphatic rings. The lowest BCUT2D eigenvalue weighted by Crippen LogP contribution is -2.17. The number of hydrogen-bond donors (Lipinski definition) is 1. The molecule has 8 heteroatoms. The van der Waals surface area contributed by atoms with Gasteiger partial charge in [-0.15, -0.1) is 0 Å². The van der Waals surface area contributed by atoms with Crippen molar-refractivity contribution in [2.24, 2.45) is 0 Å². The topological polar surface area (TPSA) is 73.6 Å². The molecule has 1 N–H and O–H groups in total. The SMILES string of the molecule is CCOc1cc(CNCCc2ccccc2F)c(Cl)cc1OCc1ccc([N+](=O)[O-])cc1. The predicted octanol–water partition coefficient (Wildman–Crippen LogP) is 5.70. The van der Waals surface area contributed by atoms with Crippen molar-refractivity contribution in [2.45, 2.75) is 26.5 Å². The minimum Gasteiger partial charge on any atom is -0.490 e. The largest absolute Gasteiger partial charge is 0.490 e. The van der Waals surface area contributed by atoms with Crippen LogP contribution in [-0.2, 0) is 19.6 Å². The molecule has 0 saturated heterocycles. The van der Waals surface area contributed by atoms with Crippen LogP contribution >= 0.6 is 11.6 Å². The van der Waals surface area contributed by atoms with Crippen LogP contribution in [0.5, 0.6) is 11.5 Å². The Balaban J connectivity index is 1.62. The lowest BCUT2D eigenvalue weighted by Gasteiger charge is -2.15. The fourth-order valence-corrected chi connectivity index (χ4v) is 3.34. The Bertz CT molecular complexity index is 1060. The molecule has 0 unspecified atom stereocenters. The van der Waals surface area contributed by atoms with E-state index in [0.29, 0.717) is 48.2 Å². The minimum absolute atomic E-state index is 0.0265. The third-order valence-corrected chi connectivity index (χ3v) is 5.15. The molecule has 168 valence electrons. The molecule has 0 aliphatic carbocycles. The van der Waals surface area contributed by atoms with E-state index in [0.717, 1.165) is 11.1 Å². The first-order valence-electron chi connectivity index (χ1n) is 10.2. The Labute approximate surface area is 191 Å². The summed E-state index contributed by atoms with van der Waals surface area (Å²) in [5, 5.41) is 14.6. The third kappa shape index (κ3) is 6.42. The van der Waals surface area contributed by atoms with E-state index in [1.54, 1.807) is 30.3 Å². The Hall–Kier alpha value is -3.16. The summed E-state index contributed by atoms with van der Waals surface area (Å²) in [6.45, 7) is 3.64. The van der Waals surface area contributed by atoms with E-state index in [4.69, 9.17) is 21.1 Å². The van der Waals surface area contributed by atoms with Crippen molar-refractivity contribution < 1.29 is 18.8 Å². The predicted molar refractivity (Wildman–Crippen MR) is 122 cm³/mol. The highest BCUT2D eigenvalue weighted by atomic mass is 35.5. The van der Waals surface area contributed by atoms with Crippen molar-refractivity contribution in [2.75, 3.05) is 13.2 Å². The fraction of sp³-hybridized carbons (Fsp3) is 0.250. The van der Waals surface area contributed by atoms with E-state index in [2.05, 4.69) is 5.32 Å². The summed E-state index contributed by atoms with van der Waals surface area (Å²) in [6, 6.07) is 16.4. The highest BCUT2D eigenvalue weighted by molar-refractivity contribution is 6.31. The van der Waals surface area contributed by atoms with Crippen LogP contribution in [0.1, 0.15) is 23.6 Å². The molecule has 0 spiro atoms. The number of nitrogens with one attached hydrogen (secondary N) is 1. The maximum atomic E-state index is 13.7. The van der Waals surface area contributed by atoms with Crippen LogP contribution in [-0.4, -0.2) is 18.1 Å². The molecule has 0 amide bonds. The van der Waals surface area contributed by atoms with E-state index in [9.17, 15) is 14.5 Å². The second-order valence-corrected chi connectivity index (χ2v) is 7.46. The summed E-state index contributed by atoms with van der Waals surface area (Å²) < 4.78 is 25.3. The average Bonchev–Trinajstić information content (AvgIpc) is 2.79. The first kappa shape index (κ1) is 23.5. The normalized spacial score (nSPS) is 10.7. The molecule has 6 nitrogen and oxygen atoms in total. The number of rotatable bonds is 11. The summed E-state index contributed by atoms with van der Waals surface area (Å²) in [4.78, 5) is 10.3. The second-order valence-electron chi connectivity index (χ2n) is 7.05. The third-order valence-electron chi connectivity index (χ3n) is 4.80. The van der Waals surface area contributed by atoms with Gasteiger partial charge in [0.15, 0.2) is 11.5 Å². The van der Waals surface area contributed by atoms with Gasteiger partial charge >= 0.3 is 0 Å². The summed E-state index contributed by atoms with van der Waals surface area (Å²) in [5.41, 5.74) is 2.31. The van der Waals surface area contributed by atoms with Crippen LogP contribution < -0.4 is 14.8 Å². The maximum absolute atomic E-state index is 13.7. The number of benzene rings is 3. The second kappa shape index (κ2) is 11.5. The molecule has 0 saturated carbocycles. The first-order valence-corrected chi connectivity index (χ1v) is 10.6. The Morgan fingerprint density at radius 1 is 1.03 bits per heavy atom. The quantitative estimate of drug-likeness (QED) is 0.227. The lowest BCUT2D eigenvalue weighted by atomic mass is 10.1. The number of ether oxygens (including phenoxy) is 2. The Morgan fingerprint density at radius 3 is 2.44 bits per heavy atom. The van der Waals surface area contributed by atoms with Crippen molar-refractivity contribution in [3.63, 3.8) is 0 Å². The molecule has 0 atom stereocenters. The van der Waals surface area contributed by atoms with E-state index in [-0.39, 0.29) is 18.1 Å². The number of hydrogen-bond acceptors (Lipinski definition) is 5. The highest BCUT2D eigenvalue weighted by Crippen LogP contribution is 2.34. The maximum Gasteiger partial charge on any atom is 0.269 e. The van der Waals surface area contributed by atoms with Crippen molar-refractivity contribution in [1.29, 1.82) is 0 Å². The van der Waals surface area contributed by atoms with Crippen LogP contribution in [0.3, 0.4) is 0 Å². The fourth-order valence-electron chi connectivity index (χ4n) is 3.12. The minimum atomic E-state index is -0.444. The molecule has 0 heterocycles. The molecule has 3 aromatic carbocycles. The number of nitro benzene ring substituents is 1. The smallest absolute Gasteiger partial charge is 0.269 e. The Morgan fingerprint density at radius 2 is 1.75 bits per heavy atom. The standard InChI is InChI=1S/C24H24ClFN2O4/c1-2-31-23-13-19(15-27-12-11-18-5-3-4-6-22(18)26)21(25)14-24(23)32-16-17-7-9-20(10-8-17)28(29)30/h3-10,13-14,27H,2,11-12,15-16H2,1H3. The summed E-state index contributed by atoms with van der Waals surface area (Å²) >= 11 is 6.45. The molecular weight excluding hydrogens is 435 g/mol. The molecular formula is C24H24ClFN2O4. The molecule has 32 heavy (non-hydrogen) atoms. The highest BCUT2D eigenvalue weighted by Gasteiger charge is 2.12. The van der Waals surface area contributed by atoms with Crippen molar-refractivity contribution in [3.05, 3.63) is 98.3 Å². The molecule has 0 bridgehead atoms. The first-order chi connectivity index (χ1) is 15.5. The van der Waals surface area contributed by atoms with Gasteiger partial charge in [-0.2, -0.15) is 0 Å². The van der Waals surface area contributed by atoms with Crippen LogP contribution in [0.2, 0.25) is 5.02 Å². The van der Waals surface area contributed by atoms with Gasteiger partial charge in [0.25, 0.3) is 5.69 Å². The Kier molecular flexibility index (Phi) is 8.41. The van der Waals surface area contributed by atoms with Crippen molar-refractivity contribution >= 4 is 17.3 Å². The number of non-ortho nitro benzene ring substituents is 1. The average molecular weight is 459 g/mol. The molecule has 3 aromatic rings. The van der Waals surface area contributed by atoms with E-state index in [1.807, 2.05) is 19.1 Å². The van der Waals surface area contributed by atoms with Crippen molar-refractivity contribution in [1.82, 2.24) is 5.32 Å². The van der Waals surface area contributed by atoms with Gasteiger partial charge in [0.1, 0.15) is 12.4 Å². The lowest BCUT2D eigenvalue weighted by molar-refractivity contribution is -0.384. The van der Waals surface area contributed by atoms with Gasteiger partial charge in [-0.3, -0.25) is 10.1 Å². The molecule has 0 aromatic heterocycles.